The molecule has 3 aromatic carbocycles. The molecule has 1 N–H and O–H groups in total. The van der Waals surface area contributed by atoms with Crippen LogP contribution in [0.25, 0.3) is 5.69 Å². The van der Waals surface area contributed by atoms with E-state index in [0.29, 0.717) is 23.7 Å². The number of benzene rings is 3. The van der Waals surface area contributed by atoms with Crippen LogP contribution in [0.15, 0.2) is 91.1 Å². The Morgan fingerprint density at radius 1 is 0.909 bits per heavy atom. The van der Waals surface area contributed by atoms with Crippen molar-refractivity contribution in [1.29, 1.82) is 0 Å². The third-order valence-electron chi connectivity index (χ3n) is 5.99. The third-order valence-corrected chi connectivity index (χ3v) is 5.99. The first-order valence-corrected chi connectivity index (χ1v) is 10.8. The molecule has 1 atom stereocenters. The van der Waals surface area contributed by atoms with E-state index < -0.39 is 0 Å². The van der Waals surface area contributed by atoms with E-state index in [1.54, 1.807) is 32.4 Å². The number of carbonyl (C=O) groups excluding carboxylic acids is 1. The van der Waals surface area contributed by atoms with Crippen molar-refractivity contribution in [3.05, 3.63) is 108 Å². The highest BCUT2D eigenvalue weighted by molar-refractivity contribution is 5.92. The maximum Gasteiger partial charge on any atom is 0.323 e. The second-order valence-corrected chi connectivity index (χ2v) is 7.87. The molecule has 33 heavy (non-hydrogen) atoms. The Morgan fingerprint density at radius 3 is 2.48 bits per heavy atom. The van der Waals surface area contributed by atoms with Crippen molar-refractivity contribution in [1.82, 2.24) is 9.47 Å². The number of fused-ring (bicyclic) bond motifs is 3. The fourth-order valence-electron chi connectivity index (χ4n) is 4.41. The number of urea groups is 1. The Balaban J connectivity index is 1.60. The predicted octanol–water partition coefficient (Wildman–Crippen LogP) is 5.63. The number of nitrogens with one attached hydrogen (secondary N) is 1. The van der Waals surface area contributed by atoms with Gasteiger partial charge in [-0.05, 0) is 41.5 Å². The fourth-order valence-corrected chi connectivity index (χ4v) is 4.41. The Morgan fingerprint density at radius 2 is 1.70 bits per heavy atom. The lowest BCUT2D eigenvalue weighted by Crippen LogP contribution is -2.38. The van der Waals surface area contributed by atoms with Crippen molar-refractivity contribution < 1.29 is 14.3 Å². The molecule has 166 valence electrons. The Hall–Kier alpha value is -4.19. The van der Waals surface area contributed by atoms with Crippen molar-refractivity contribution >= 4 is 11.7 Å². The summed E-state index contributed by atoms with van der Waals surface area (Å²) in [5.74, 6) is 1.20. The molecular weight excluding hydrogens is 414 g/mol. The average molecular weight is 440 g/mol. The van der Waals surface area contributed by atoms with Gasteiger partial charge in [0.1, 0.15) is 11.5 Å². The predicted molar refractivity (Wildman–Crippen MR) is 128 cm³/mol. The highest BCUT2D eigenvalue weighted by Gasteiger charge is 2.33. The number of ether oxygens (including phenoxy) is 2. The van der Waals surface area contributed by atoms with Gasteiger partial charge in [0, 0.05) is 18.0 Å². The number of hydrogen-bond acceptors (Lipinski definition) is 3. The molecule has 0 aliphatic carbocycles. The lowest BCUT2D eigenvalue weighted by atomic mass is 10.0. The maximum atomic E-state index is 13.8. The van der Waals surface area contributed by atoms with Crippen LogP contribution >= 0.6 is 0 Å². The molecule has 1 aromatic heterocycles. The van der Waals surface area contributed by atoms with Gasteiger partial charge in [-0.2, -0.15) is 0 Å². The molecule has 6 nitrogen and oxygen atoms in total. The molecule has 0 fully saturated rings. The summed E-state index contributed by atoms with van der Waals surface area (Å²) >= 11 is 0. The highest BCUT2D eigenvalue weighted by atomic mass is 16.5. The number of aromatic nitrogens is 1. The minimum absolute atomic E-state index is 0.211. The number of nitrogens with zero attached hydrogens (tertiary/aromatic N) is 2. The van der Waals surface area contributed by atoms with Crippen molar-refractivity contribution in [2.45, 2.75) is 12.6 Å². The molecular formula is C27H25N3O3. The smallest absolute Gasteiger partial charge is 0.323 e. The molecule has 0 saturated carbocycles. The number of para-hydroxylation sites is 1. The third kappa shape index (κ3) is 3.80. The number of rotatable bonds is 4. The Kier molecular flexibility index (Phi) is 5.48. The van der Waals surface area contributed by atoms with Crippen LogP contribution in [-0.4, -0.2) is 29.7 Å². The van der Waals surface area contributed by atoms with Crippen LogP contribution in [0.3, 0.4) is 0 Å². The minimum Gasteiger partial charge on any atom is -0.497 e. The first-order chi connectivity index (χ1) is 16.2. The summed E-state index contributed by atoms with van der Waals surface area (Å²) in [6.07, 6.45) is 2.05. The molecule has 0 spiro atoms. The normalized spacial score (nSPS) is 14.6. The van der Waals surface area contributed by atoms with E-state index in [0.717, 1.165) is 22.5 Å². The van der Waals surface area contributed by atoms with Gasteiger partial charge in [-0.1, -0.05) is 48.5 Å². The highest BCUT2D eigenvalue weighted by Crippen LogP contribution is 2.37. The van der Waals surface area contributed by atoms with Crippen LogP contribution in [0.1, 0.15) is 22.9 Å². The number of hydrogen-bond donors (Lipinski definition) is 1. The quantitative estimate of drug-likeness (QED) is 0.448. The van der Waals surface area contributed by atoms with Gasteiger partial charge in [-0.15, -0.1) is 0 Å². The summed E-state index contributed by atoms with van der Waals surface area (Å²) in [4.78, 5) is 15.7. The van der Waals surface area contributed by atoms with Crippen molar-refractivity contribution in [3.63, 3.8) is 0 Å². The van der Waals surface area contributed by atoms with E-state index >= 15 is 0 Å². The monoisotopic (exact) mass is 439 g/mol. The van der Waals surface area contributed by atoms with E-state index in [-0.39, 0.29) is 12.1 Å². The summed E-state index contributed by atoms with van der Waals surface area (Å²) in [5.41, 5.74) is 4.81. The number of anilines is 1. The van der Waals surface area contributed by atoms with Crippen LogP contribution in [0.5, 0.6) is 11.5 Å². The second-order valence-electron chi connectivity index (χ2n) is 7.87. The zero-order chi connectivity index (χ0) is 22.8. The molecule has 1 aliphatic heterocycles. The van der Waals surface area contributed by atoms with E-state index in [1.165, 1.54) is 0 Å². The maximum absolute atomic E-state index is 13.8. The van der Waals surface area contributed by atoms with Gasteiger partial charge in [0.25, 0.3) is 0 Å². The SMILES string of the molecule is COc1ccc(NC(=O)N2Cc3ccccc3-n3cccc3[C@@H]2c2ccccc2)c(OC)c1. The Labute approximate surface area is 193 Å². The summed E-state index contributed by atoms with van der Waals surface area (Å²) in [7, 11) is 3.17. The summed E-state index contributed by atoms with van der Waals surface area (Å²) < 4.78 is 13.0. The number of amides is 2. The molecule has 5 rings (SSSR count). The first kappa shape index (κ1) is 20.7. The van der Waals surface area contributed by atoms with Crippen molar-refractivity contribution in [3.8, 4) is 17.2 Å². The van der Waals surface area contributed by atoms with Crippen LogP contribution in [0.4, 0.5) is 10.5 Å². The molecule has 2 amide bonds. The Bertz CT molecular complexity index is 1280. The van der Waals surface area contributed by atoms with E-state index in [9.17, 15) is 4.79 Å². The van der Waals surface area contributed by atoms with Gasteiger partial charge in [0.15, 0.2) is 0 Å². The van der Waals surface area contributed by atoms with Gasteiger partial charge in [-0.3, -0.25) is 0 Å². The molecule has 6 heteroatoms. The van der Waals surface area contributed by atoms with Crippen molar-refractivity contribution in [2.24, 2.45) is 0 Å². The molecule has 0 saturated heterocycles. The lowest BCUT2D eigenvalue weighted by Gasteiger charge is -2.31. The molecule has 0 radical (unpaired) electrons. The molecule has 4 aromatic rings. The minimum atomic E-state index is -0.266. The fraction of sp³-hybridized carbons (Fsp3) is 0.148. The second kappa shape index (κ2) is 8.74. The van der Waals surface area contributed by atoms with E-state index in [2.05, 4.69) is 46.4 Å². The van der Waals surface area contributed by atoms with Crippen LogP contribution in [-0.2, 0) is 6.54 Å². The van der Waals surface area contributed by atoms with Crippen LogP contribution in [0.2, 0.25) is 0 Å². The largest absolute Gasteiger partial charge is 0.497 e. The lowest BCUT2D eigenvalue weighted by molar-refractivity contribution is 0.194. The van der Waals surface area contributed by atoms with Crippen LogP contribution in [0, 0.1) is 0 Å². The molecule has 0 unspecified atom stereocenters. The number of carbonyl (C=O) groups is 1. The molecule has 1 aliphatic rings. The first-order valence-electron chi connectivity index (χ1n) is 10.8. The topological polar surface area (TPSA) is 55.7 Å². The van der Waals surface area contributed by atoms with Gasteiger partial charge in [0.05, 0.1) is 38.2 Å². The van der Waals surface area contributed by atoms with Crippen LogP contribution < -0.4 is 14.8 Å². The molecule has 2 heterocycles. The van der Waals surface area contributed by atoms with E-state index in [1.807, 2.05) is 41.3 Å². The zero-order valence-electron chi connectivity index (χ0n) is 18.6. The zero-order valence-corrected chi connectivity index (χ0v) is 18.6. The van der Waals surface area contributed by atoms with Gasteiger partial charge in [0.2, 0.25) is 0 Å². The van der Waals surface area contributed by atoms with Gasteiger partial charge >= 0.3 is 6.03 Å². The standard InChI is InChI=1S/C27H25N3O3/c1-32-21-14-15-22(25(17-21)33-2)28-27(31)30-18-20-11-6-7-12-23(20)29-16-8-13-24(29)26(30)19-9-4-3-5-10-19/h3-17,26H,18H2,1-2H3,(H,28,31)/t26-/m0/s1. The molecule has 0 bridgehead atoms. The summed E-state index contributed by atoms with van der Waals surface area (Å²) in [5, 5.41) is 3.06. The average Bonchev–Trinajstić information content (AvgIpc) is 3.29. The summed E-state index contributed by atoms with van der Waals surface area (Å²) in [6, 6.07) is 27.3. The van der Waals surface area contributed by atoms with Crippen molar-refractivity contribution in [2.75, 3.05) is 19.5 Å². The van der Waals surface area contributed by atoms with Gasteiger partial charge in [-0.25, -0.2) is 4.79 Å². The number of methoxy groups -OCH3 is 2. The summed E-state index contributed by atoms with van der Waals surface area (Å²) in [6.45, 7) is 0.460. The van der Waals surface area contributed by atoms with Gasteiger partial charge < -0.3 is 24.3 Å². The van der Waals surface area contributed by atoms with E-state index in [4.69, 9.17) is 9.47 Å².